The lowest BCUT2D eigenvalue weighted by molar-refractivity contribution is -0.141. The minimum atomic E-state index is -3.52. The molecule has 0 aliphatic carbocycles. The van der Waals surface area contributed by atoms with Crippen molar-refractivity contribution in [1.29, 1.82) is 0 Å². The van der Waals surface area contributed by atoms with Gasteiger partial charge in [-0.3, -0.25) is 13.9 Å². The van der Waals surface area contributed by atoms with E-state index in [0.29, 0.717) is 30.1 Å². The Kier molecular flexibility index (Phi) is 11.7. The Bertz CT molecular complexity index is 1090. The number of amides is 2. The summed E-state index contributed by atoms with van der Waals surface area (Å²) in [5, 5.41) is 3.49. The van der Waals surface area contributed by atoms with Gasteiger partial charge < -0.3 is 10.2 Å². The molecule has 36 heavy (non-hydrogen) atoms. The summed E-state index contributed by atoms with van der Waals surface area (Å²) in [5.74, 6) is -0.381. The number of hydrogen-bond donors (Lipinski definition) is 1. The number of aryl methyl sites for hydroxylation is 1. The molecule has 0 bridgehead atoms. The van der Waals surface area contributed by atoms with Crippen molar-refractivity contribution in [3.05, 3.63) is 64.7 Å². The van der Waals surface area contributed by atoms with Gasteiger partial charge in [-0.2, -0.15) is 0 Å². The fourth-order valence-corrected chi connectivity index (χ4v) is 5.07. The van der Waals surface area contributed by atoms with Gasteiger partial charge in [0, 0.05) is 31.1 Å². The Labute approximate surface area is 220 Å². The van der Waals surface area contributed by atoms with E-state index in [1.54, 1.807) is 29.2 Å². The van der Waals surface area contributed by atoms with Crippen LogP contribution in [0.3, 0.4) is 0 Å². The molecule has 198 valence electrons. The topological polar surface area (TPSA) is 86.8 Å². The lowest BCUT2D eigenvalue weighted by Crippen LogP contribution is -2.49. The van der Waals surface area contributed by atoms with Crippen LogP contribution in [-0.2, 0) is 32.6 Å². The number of carbonyl (C=O) groups is 2. The molecule has 0 heterocycles. The largest absolute Gasteiger partial charge is 0.354 e. The summed E-state index contributed by atoms with van der Waals surface area (Å²) in [4.78, 5) is 27.8. The molecule has 9 heteroatoms. The zero-order chi connectivity index (χ0) is 26.7. The fraction of sp³-hybridized carbons (Fsp3) is 0.481. The average molecular weight is 536 g/mol. The van der Waals surface area contributed by atoms with E-state index >= 15 is 0 Å². The quantitative estimate of drug-likeness (QED) is 0.377. The van der Waals surface area contributed by atoms with Gasteiger partial charge in [0.15, 0.2) is 0 Å². The highest BCUT2D eigenvalue weighted by atomic mass is 35.5. The van der Waals surface area contributed by atoms with Crippen LogP contribution in [0.4, 0.5) is 5.69 Å². The Morgan fingerprint density at radius 2 is 1.58 bits per heavy atom. The molecule has 0 saturated heterocycles. The molecule has 7 nitrogen and oxygen atoms in total. The zero-order valence-corrected chi connectivity index (χ0v) is 23.2. The maximum atomic E-state index is 13.4. The minimum absolute atomic E-state index is 0.115. The monoisotopic (exact) mass is 535 g/mol. The van der Waals surface area contributed by atoms with Crippen molar-refractivity contribution in [3.8, 4) is 0 Å². The highest BCUT2D eigenvalue weighted by Crippen LogP contribution is 2.21. The van der Waals surface area contributed by atoms with Crippen molar-refractivity contribution in [1.82, 2.24) is 10.2 Å². The second-order valence-corrected chi connectivity index (χ2v) is 11.2. The zero-order valence-electron chi connectivity index (χ0n) is 21.7. The first kappa shape index (κ1) is 29.6. The van der Waals surface area contributed by atoms with Gasteiger partial charge in [-0.1, -0.05) is 56.6 Å². The van der Waals surface area contributed by atoms with Crippen LogP contribution in [-0.4, -0.2) is 50.5 Å². The predicted octanol–water partition coefficient (Wildman–Crippen LogP) is 4.78. The molecule has 0 saturated carbocycles. The SMILES string of the molecule is CCCNC(=O)[C@@H](CC)N(Cc1ccc(Cl)cc1)C(=O)CCCN(c1ccc(CC)cc1)S(C)(=O)=O. The summed E-state index contributed by atoms with van der Waals surface area (Å²) in [6, 6.07) is 14.0. The molecule has 0 aliphatic heterocycles. The molecular formula is C27H38ClN3O4S. The lowest BCUT2D eigenvalue weighted by Gasteiger charge is -2.31. The first-order chi connectivity index (χ1) is 17.1. The van der Waals surface area contributed by atoms with E-state index in [0.717, 1.165) is 24.0 Å². The van der Waals surface area contributed by atoms with Crippen molar-refractivity contribution in [2.24, 2.45) is 0 Å². The van der Waals surface area contributed by atoms with Crippen LogP contribution in [0.25, 0.3) is 0 Å². The third-order valence-electron chi connectivity index (χ3n) is 5.99. The number of hydrogen-bond acceptors (Lipinski definition) is 4. The van der Waals surface area contributed by atoms with Gasteiger partial charge >= 0.3 is 0 Å². The molecule has 1 N–H and O–H groups in total. The maximum Gasteiger partial charge on any atom is 0.242 e. The summed E-state index contributed by atoms with van der Waals surface area (Å²) in [5.41, 5.74) is 2.56. The summed E-state index contributed by atoms with van der Waals surface area (Å²) in [6.07, 6.45) is 3.74. The highest BCUT2D eigenvalue weighted by molar-refractivity contribution is 7.92. The molecular weight excluding hydrogens is 498 g/mol. The van der Waals surface area contributed by atoms with Crippen LogP contribution in [0.2, 0.25) is 5.02 Å². The molecule has 2 aromatic rings. The van der Waals surface area contributed by atoms with Crippen molar-refractivity contribution in [2.45, 2.75) is 65.5 Å². The predicted molar refractivity (Wildman–Crippen MR) is 147 cm³/mol. The highest BCUT2D eigenvalue weighted by Gasteiger charge is 2.28. The van der Waals surface area contributed by atoms with Crippen molar-refractivity contribution < 1.29 is 18.0 Å². The molecule has 2 aromatic carbocycles. The molecule has 1 atom stereocenters. The van der Waals surface area contributed by atoms with Gasteiger partial charge in [0.25, 0.3) is 0 Å². The number of rotatable bonds is 14. The van der Waals surface area contributed by atoms with Crippen molar-refractivity contribution >= 4 is 39.1 Å². The molecule has 2 rings (SSSR count). The van der Waals surface area contributed by atoms with Crippen LogP contribution in [0.15, 0.2) is 48.5 Å². The average Bonchev–Trinajstić information content (AvgIpc) is 2.85. The first-order valence-electron chi connectivity index (χ1n) is 12.5. The number of nitrogens with one attached hydrogen (secondary N) is 1. The number of halogens is 1. The summed E-state index contributed by atoms with van der Waals surface area (Å²) < 4.78 is 26.3. The van der Waals surface area contributed by atoms with Gasteiger partial charge in [-0.05, 0) is 61.1 Å². The minimum Gasteiger partial charge on any atom is -0.354 e. The normalized spacial score (nSPS) is 12.1. The molecule has 0 radical (unpaired) electrons. The van der Waals surface area contributed by atoms with Gasteiger partial charge in [0.05, 0.1) is 11.9 Å². The second-order valence-electron chi connectivity index (χ2n) is 8.82. The third-order valence-corrected chi connectivity index (χ3v) is 7.43. The second kappa shape index (κ2) is 14.2. The fourth-order valence-electron chi connectivity index (χ4n) is 3.97. The number of nitrogens with zero attached hydrogens (tertiary/aromatic N) is 2. The number of anilines is 1. The van der Waals surface area contributed by atoms with Crippen molar-refractivity contribution in [2.75, 3.05) is 23.7 Å². The summed E-state index contributed by atoms with van der Waals surface area (Å²) >= 11 is 6.01. The Balaban J connectivity index is 2.18. The maximum absolute atomic E-state index is 13.4. The van der Waals surface area contributed by atoms with E-state index in [9.17, 15) is 18.0 Å². The van der Waals surface area contributed by atoms with E-state index < -0.39 is 16.1 Å². The van der Waals surface area contributed by atoms with Gasteiger partial charge in [0.1, 0.15) is 6.04 Å². The number of carbonyl (C=O) groups excluding carboxylic acids is 2. The Morgan fingerprint density at radius 3 is 2.11 bits per heavy atom. The van der Waals surface area contributed by atoms with E-state index in [-0.39, 0.29) is 31.3 Å². The summed E-state index contributed by atoms with van der Waals surface area (Å²) in [6.45, 7) is 6.87. The van der Waals surface area contributed by atoms with Crippen LogP contribution in [0.5, 0.6) is 0 Å². The first-order valence-corrected chi connectivity index (χ1v) is 14.7. The molecule has 0 unspecified atom stereocenters. The number of benzene rings is 2. The molecule has 0 spiro atoms. The van der Waals surface area contributed by atoms with Gasteiger partial charge in [0.2, 0.25) is 21.8 Å². The van der Waals surface area contributed by atoms with E-state index in [1.807, 2.05) is 45.0 Å². The van der Waals surface area contributed by atoms with Gasteiger partial charge in [-0.25, -0.2) is 8.42 Å². The van der Waals surface area contributed by atoms with E-state index in [2.05, 4.69) is 5.32 Å². The Hall–Kier alpha value is -2.58. The smallest absolute Gasteiger partial charge is 0.242 e. The van der Waals surface area contributed by atoms with Crippen LogP contribution in [0.1, 0.15) is 57.6 Å². The van der Waals surface area contributed by atoms with E-state index in [1.165, 1.54) is 10.6 Å². The van der Waals surface area contributed by atoms with Crippen LogP contribution in [0, 0.1) is 0 Å². The Morgan fingerprint density at radius 1 is 0.972 bits per heavy atom. The van der Waals surface area contributed by atoms with Crippen LogP contribution < -0.4 is 9.62 Å². The lowest BCUT2D eigenvalue weighted by atomic mass is 10.1. The molecule has 0 aromatic heterocycles. The molecule has 2 amide bonds. The third kappa shape index (κ3) is 8.82. The molecule has 0 aliphatic rings. The van der Waals surface area contributed by atoms with Crippen LogP contribution >= 0.6 is 11.6 Å². The number of sulfonamides is 1. The van der Waals surface area contributed by atoms with E-state index in [4.69, 9.17) is 11.6 Å². The van der Waals surface area contributed by atoms with Crippen molar-refractivity contribution in [3.63, 3.8) is 0 Å². The molecule has 0 fully saturated rings. The standard InChI is InChI=1S/C27H38ClN3O4S/c1-5-18-29-27(33)25(7-3)30(20-22-10-14-23(28)15-11-22)26(32)9-8-19-31(36(4,34)35)24-16-12-21(6-2)13-17-24/h10-17,25H,5-9,18-20H2,1-4H3,(H,29,33)/t25-/m1/s1. The van der Waals surface area contributed by atoms with Gasteiger partial charge in [-0.15, -0.1) is 0 Å². The summed E-state index contributed by atoms with van der Waals surface area (Å²) in [7, 11) is -3.52.